The molecule has 2 fully saturated rings. The zero-order chi connectivity index (χ0) is 23.5. The topological polar surface area (TPSA) is 78.4 Å². The number of rotatable bonds is 5. The molecule has 7 nitrogen and oxygen atoms in total. The molecule has 34 heavy (non-hydrogen) atoms. The molecule has 0 aliphatic carbocycles. The summed E-state index contributed by atoms with van der Waals surface area (Å²) in [4.78, 5) is 31.7. The SMILES string of the molecule is Cc1c(-c2ccccc2)sc(NC(=O)c2ccc(N3CCCC3)nn2)c1C(=O)N1CCCCC1. The molecule has 5 rings (SSSR count). The van der Waals surface area contributed by atoms with Crippen molar-refractivity contribution in [1.29, 1.82) is 0 Å². The number of carbonyl (C=O) groups excluding carboxylic acids is 2. The summed E-state index contributed by atoms with van der Waals surface area (Å²) in [5.41, 5.74) is 2.76. The first-order chi connectivity index (χ1) is 16.6. The summed E-state index contributed by atoms with van der Waals surface area (Å²) < 4.78 is 0. The van der Waals surface area contributed by atoms with Crippen molar-refractivity contribution >= 4 is 34.0 Å². The van der Waals surface area contributed by atoms with Gasteiger partial charge in [0, 0.05) is 31.1 Å². The number of nitrogens with zero attached hydrogens (tertiary/aromatic N) is 4. The third kappa shape index (κ3) is 4.55. The van der Waals surface area contributed by atoms with Gasteiger partial charge in [0.15, 0.2) is 11.5 Å². The molecule has 0 bridgehead atoms. The maximum atomic E-state index is 13.5. The number of aromatic nitrogens is 2. The molecule has 1 N–H and O–H groups in total. The Morgan fingerprint density at radius 3 is 2.26 bits per heavy atom. The van der Waals surface area contributed by atoms with Crippen LogP contribution in [0.2, 0.25) is 0 Å². The summed E-state index contributed by atoms with van der Waals surface area (Å²) in [7, 11) is 0. The van der Waals surface area contributed by atoms with Crippen LogP contribution in [-0.4, -0.2) is 53.1 Å². The maximum absolute atomic E-state index is 13.5. The van der Waals surface area contributed by atoms with Crippen LogP contribution < -0.4 is 10.2 Å². The van der Waals surface area contributed by atoms with Crippen LogP contribution in [0.25, 0.3) is 10.4 Å². The van der Waals surface area contributed by atoms with Crippen LogP contribution in [0.15, 0.2) is 42.5 Å². The van der Waals surface area contributed by atoms with Gasteiger partial charge in [-0.05, 0) is 62.3 Å². The smallest absolute Gasteiger partial charge is 0.276 e. The molecule has 0 saturated carbocycles. The minimum absolute atomic E-state index is 0.0126. The van der Waals surface area contributed by atoms with Crippen LogP contribution in [0.5, 0.6) is 0 Å². The summed E-state index contributed by atoms with van der Waals surface area (Å²) in [6.07, 6.45) is 5.48. The van der Waals surface area contributed by atoms with E-state index in [9.17, 15) is 9.59 Å². The molecule has 2 amide bonds. The highest BCUT2D eigenvalue weighted by Gasteiger charge is 2.28. The van der Waals surface area contributed by atoms with E-state index in [1.807, 2.05) is 48.2 Å². The number of anilines is 2. The van der Waals surface area contributed by atoms with Crippen molar-refractivity contribution in [3.63, 3.8) is 0 Å². The van der Waals surface area contributed by atoms with E-state index in [1.54, 1.807) is 6.07 Å². The number of piperidine rings is 1. The van der Waals surface area contributed by atoms with Crippen molar-refractivity contribution in [2.45, 2.75) is 39.0 Å². The van der Waals surface area contributed by atoms with Crippen molar-refractivity contribution < 1.29 is 9.59 Å². The molecule has 0 spiro atoms. The molecule has 3 aromatic rings. The predicted octanol–water partition coefficient (Wildman–Crippen LogP) is 4.99. The Hall–Kier alpha value is -3.26. The van der Waals surface area contributed by atoms with Crippen molar-refractivity contribution in [1.82, 2.24) is 15.1 Å². The first-order valence-corrected chi connectivity index (χ1v) is 12.8. The fourth-order valence-electron chi connectivity index (χ4n) is 4.71. The lowest BCUT2D eigenvalue weighted by Gasteiger charge is -2.27. The first-order valence-electron chi connectivity index (χ1n) is 12.0. The molecule has 2 aliphatic heterocycles. The molecule has 8 heteroatoms. The number of benzene rings is 1. The number of nitrogens with one attached hydrogen (secondary N) is 1. The number of hydrogen-bond acceptors (Lipinski definition) is 6. The van der Waals surface area contributed by atoms with Crippen LogP contribution >= 0.6 is 11.3 Å². The Balaban J connectivity index is 1.44. The second-order valence-corrected chi connectivity index (χ2v) is 9.92. The summed E-state index contributed by atoms with van der Waals surface area (Å²) in [6, 6.07) is 13.6. The molecule has 2 saturated heterocycles. The van der Waals surface area contributed by atoms with E-state index in [4.69, 9.17) is 0 Å². The average molecular weight is 476 g/mol. The third-order valence-electron chi connectivity index (χ3n) is 6.58. The molecule has 1 aromatic carbocycles. The molecule has 2 aliphatic rings. The Morgan fingerprint density at radius 2 is 1.59 bits per heavy atom. The molecule has 0 atom stereocenters. The van der Waals surface area contributed by atoms with Crippen molar-refractivity contribution in [3.8, 4) is 10.4 Å². The Bertz CT molecular complexity index is 1160. The van der Waals surface area contributed by atoms with Crippen molar-refractivity contribution in [3.05, 3.63) is 59.3 Å². The van der Waals surface area contributed by atoms with Crippen molar-refractivity contribution in [2.75, 3.05) is 36.4 Å². The normalized spacial score (nSPS) is 16.0. The van der Waals surface area contributed by atoms with Crippen molar-refractivity contribution in [2.24, 2.45) is 0 Å². The van der Waals surface area contributed by atoms with Crippen LogP contribution in [0, 0.1) is 6.92 Å². The number of carbonyl (C=O) groups is 2. The largest absolute Gasteiger partial charge is 0.355 e. The van der Waals surface area contributed by atoms with Gasteiger partial charge in [0.2, 0.25) is 0 Å². The van der Waals surface area contributed by atoms with E-state index >= 15 is 0 Å². The van der Waals surface area contributed by atoms with Gasteiger partial charge in [-0.25, -0.2) is 0 Å². The molecule has 0 unspecified atom stereocenters. The summed E-state index contributed by atoms with van der Waals surface area (Å²) in [5, 5.41) is 12.0. The molecule has 176 valence electrons. The number of thiophene rings is 1. The van der Waals surface area contributed by atoms with Gasteiger partial charge in [0.25, 0.3) is 11.8 Å². The lowest BCUT2D eigenvalue weighted by Crippen LogP contribution is -2.36. The van der Waals surface area contributed by atoms with Gasteiger partial charge >= 0.3 is 0 Å². The van der Waals surface area contributed by atoms with Gasteiger partial charge in [-0.15, -0.1) is 21.5 Å². The van der Waals surface area contributed by atoms with E-state index in [1.165, 1.54) is 11.3 Å². The van der Waals surface area contributed by atoms with E-state index in [2.05, 4.69) is 20.4 Å². The lowest BCUT2D eigenvalue weighted by atomic mass is 10.0. The number of likely N-dealkylation sites (tertiary alicyclic amines) is 1. The average Bonchev–Trinajstić information content (AvgIpc) is 3.53. The van der Waals surface area contributed by atoms with Gasteiger partial charge in [0.1, 0.15) is 5.00 Å². The fraction of sp³-hybridized carbons (Fsp3) is 0.385. The van der Waals surface area contributed by atoms with Gasteiger partial charge in [-0.3, -0.25) is 9.59 Å². The highest BCUT2D eigenvalue weighted by atomic mass is 32.1. The van der Waals surface area contributed by atoms with E-state index < -0.39 is 0 Å². The van der Waals surface area contributed by atoms with Gasteiger partial charge in [-0.2, -0.15) is 0 Å². The predicted molar refractivity (Wildman–Crippen MR) is 136 cm³/mol. The number of amides is 2. The fourth-order valence-corrected chi connectivity index (χ4v) is 5.91. The Labute approximate surface area is 203 Å². The zero-order valence-electron chi connectivity index (χ0n) is 19.4. The van der Waals surface area contributed by atoms with Crippen LogP contribution in [0.4, 0.5) is 10.8 Å². The minimum Gasteiger partial charge on any atom is -0.355 e. The molecule has 0 radical (unpaired) electrons. The first kappa shape index (κ1) is 22.5. The summed E-state index contributed by atoms with van der Waals surface area (Å²) in [6.45, 7) is 5.42. The third-order valence-corrected chi connectivity index (χ3v) is 7.84. The molecule has 4 heterocycles. The lowest BCUT2D eigenvalue weighted by molar-refractivity contribution is 0.0725. The summed E-state index contributed by atoms with van der Waals surface area (Å²) in [5.74, 6) is 0.434. The molecular weight excluding hydrogens is 446 g/mol. The van der Waals surface area contributed by atoms with Gasteiger partial charge in [-0.1, -0.05) is 30.3 Å². The molecule has 2 aromatic heterocycles. The van der Waals surface area contributed by atoms with Crippen LogP contribution in [0.3, 0.4) is 0 Å². The van der Waals surface area contributed by atoms with E-state index in [0.717, 1.165) is 80.1 Å². The summed E-state index contributed by atoms with van der Waals surface area (Å²) >= 11 is 1.44. The Kier molecular flexibility index (Phi) is 6.58. The van der Waals surface area contributed by atoms with Crippen LogP contribution in [-0.2, 0) is 0 Å². The maximum Gasteiger partial charge on any atom is 0.276 e. The second kappa shape index (κ2) is 9.93. The molecular formula is C26H29N5O2S. The monoisotopic (exact) mass is 475 g/mol. The van der Waals surface area contributed by atoms with E-state index in [0.29, 0.717) is 10.6 Å². The Morgan fingerprint density at radius 1 is 0.882 bits per heavy atom. The minimum atomic E-state index is -0.353. The second-order valence-electron chi connectivity index (χ2n) is 8.90. The van der Waals surface area contributed by atoms with Gasteiger partial charge in [0.05, 0.1) is 5.56 Å². The standard InChI is InChI=1S/C26H29N5O2S/c1-18-22(26(33)31-16-6-3-7-17-31)25(34-23(18)19-10-4-2-5-11-19)27-24(32)20-12-13-21(29-28-20)30-14-8-9-15-30/h2,4-5,10-13H,3,6-9,14-17H2,1H3,(H,27,32). The highest BCUT2D eigenvalue weighted by molar-refractivity contribution is 7.20. The zero-order valence-corrected chi connectivity index (χ0v) is 20.2. The number of hydrogen-bond donors (Lipinski definition) is 1. The quantitative estimate of drug-likeness (QED) is 0.562. The highest BCUT2D eigenvalue weighted by Crippen LogP contribution is 2.41. The van der Waals surface area contributed by atoms with Crippen LogP contribution in [0.1, 0.15) is 58.5 Å². The van der Waals surface area contributed by atoms with Gasteiger partial charge < -0.3 is 15.1 Å². The van der Waals surface area contributed by atoms with E-state index in [-0.39, 0.29) is 17.5 Å².